The van der Waals surface area contributed by atoms with Gasteiger partial charge in [0, 0.05) is 0 Å². The standard InChI is InChI=1S/C18H24O3S.Na/c1-3-5-7-14-9-10-16-13-17(22(19,20)21)12-15(8-6-4-2)18(16)11-14;/h9-13H,3-8H2,1-2H3,(H,19,20,21);/q;+1/p-1. The van der Waals surface area contributed by atoms with E-state index in [1.54, 1.807) is 6.07 Å². The van der Waals surface area contributed by atoms with Gasteiger partial charge in [-0.1, -0.05) is 44.9 Å². The van der Waals surface area contributed by atoms with Gasteiger partial charge in [0.15, 0.2) is 0 Å². The first-order valence-electron chi connectivity index (χ1n) is 7.97. The largest absolute Gasteiger partial charge is 1.00 e. The van der Waals surface area contributed by atoms with Crippen LogP contribution >= 0.6 is 0 Å². The summed E-state index contributed by atoms with van der Waals surface area (Å²) in [5.74, 6) is 0. The van der Waals surface area contributed by atoms with Gasteiger partial charge in [-0.15, -0.1) is 0 Å². The van der Waals surface area contributed by atoms with E-state index in [1.807, 2.05) is 12.1 Å². The molecule has 0 bridgehead atoms. The Morgan fingerprint density at radius 3 is 2.22 bits per heavy atom. The van der Waals surface area contributed by atoms with Crippen LogP contribution in [0.4, 0.5) is 0 Å². The number of fused-ring (bicyclic) bond motifs is 1. The third kappa shape index (κ3) is 5.57. The molecule has 0 N–H and O–H groups in total. The number of aryl methyl sites for hydroxylation is 2. The van der Waals surface area contributed by atoms with E-state index in [9.17, 15) is 13.0 Å². The molecule has 0 saturated heterocycles. The summed E-state index contributed by atoms with van der Waals surface area (Å²) in [4.78, 5) is -0.118. The second-order valence-electron chi connectivity index (χ2n) is 5.80. The number of unbranched alkanes of at least 4 members (excludes halogenated alkanes) is 2. The van der Waals surface area contributed by atoms with Gasteiger partial charge in [-0.05, 0) is 59.7 Å². The summed E-state index contributed by atoms with van der Waals surface area (Å²) in [7, 11) is -4.42. The molecule has 0 saturated carbocycles. The van der Waals surface area contributed by atoms with Crippen LogP contribution in [0.1, 0.15) is 50.7 Å². The van der Waals surface area contributed by atoms with Crippen molar-refractivity contribution < 1.29 is 42.5 Å². The topological polar surface area (TPSA) is 57.2 Å². The van der Waals surface area contributed by atoms with Gasteiger partial charge in [0.2, 0.25) is 0 Å². The van der Waals surface area contributed by atoms with Gasteiger partial charge < -0.3 is 4.55 Å². The van der Waals surface area contributed by atoms with Crippen molar-refractivity contribution in [2.24, 2.45) is 0 Å². The van der Waals surface area contributed by atoms with Gasteiger partial charge in [0.05, 0.1) is 4.90 Å². The Bertz CT molecular complexity index is 754. The fourth-order valence-corrected chi connectivity index (χ4v) is 3.26. The zero-order valence-electron chi connectivity index (χ0n) is 14.3. The minimum atomic E-state index is -4.42. The third-order valence-electron chi connectivity index (χ3n) is 3.99. The number of hydrogen-bond acceptors (Lipinski definition) is 3. The van der Waals surface area contributed by atoms with Crippen molar-refractivity contribution >= 4 is 20.9 Å². The Hall–Kier alpha value is -0.390. The van der Waals surface area contributed by atoms with Gasteiger partial charge in [0.25, 0.3) is 0 Å². The zero-order valence-corrected chi connectivity index (χ0v) is 17.1. The molecule has 5 heteroatoms. The molecule has 0 unspecified atom stereocenters. The van der Waals surface area contributed by atoms with E-state index in [2.05, 4.69) is 19.9 Å². The summed E-state index contributed by atoms with van der Waals surface area (Å²) < 4.78 is 34.1. The van der Waals surface area contributed by atoms with Crippen molar-refractivity contribution in [3.63, 3.8) is 0 Å². The third-order valence-corrected chi connectivity index (χ3v) is 4.80. The van der Waals surface area contributed by atoms with E-state index < -0.39 is 10.1 Å². The molecule has 2 rings (SSSR count). The molecule has 120 valence electrons. The van der Waals surface area contributed by atoms with E-state index in [-0.39, 0.29) is 34.5 Å². The normalized spacial score (nSPS) is 11.4. The van der Waals surface area contributed by atoms with Gasteiger partial charge in [-0.2, -0.15) is 0 Å². The minimum absolute atomic E-state index is 0. The molecule has 0 atom stereocenters. The first-order chi connectivity index (χ1) is 10.5. The van der Waals surface area contributed by atoms with Crippen LogP contribution in [-0.2, 0) is 23.0 Å². The molecule has 3 nitrogen and oxygen atoms in total. The van der Waals surface area contributed by atoms with Crippen molar-refractivity contribution in [1.82, 2.24) is 0 Å². The number of hydrogen-bond donors (Lipinski definition) is 0. The quantitative estimate of drug-likeness (QED) is 0.565. The van der Waals surface area contributed by atoms with Crippen LogP contribution in [0.15, 0.2) is 35.2 Å². The Kier molecular flexibility index (Phi) is 8.25. The monoisotopic (exact) mass is 342 g/mol. The zero-order chi connectivity index (χ0) is 16.2. The fourth-order valence-electron chi connectivity index (χ4n) is 2.71. The van der Waals surface area contributed by atoms with Gasteiger partial charge >= 0.3 is 29.6 Å². The molecule has 0 aliphatic rings. The second kappa shape index (κ2) is 9.19. The first-order valence-corrected chi connectivity index (χ1v) is 9.38. The van der Waals surface area contributed by atoms with Crippen LogP contribution in [0, 0.1) is 0 Å². The van der Waals surface area contributed by atoms with Gasteiger partial charge in [-0.3, -0.25) is 0 Å². The van der Waals surface area contributed by atoms with E-state index in [1.165, 1.54) is 11.6 Å². The predicted octanol–water partition coefficient (Wildman–Crippen LogP) is 1.43. The summed E-state index contributed by atoms with van der Waals surface area (Å²) in [6, 6.07) is 9.17. The Labute approximate surface area is 161 Å². The fraction of sp³-hybridized carbons (Fsp3) is 0.444. The molecular weight excluding hydrogens is 319 g/mol. The van der Waals surface area contributed by atoms with Crippen molar-refractivity contribution in [3.05, 3.63) is 41.5 Å². The van der Waals surface area contributed by atoms with Crippen LogP contribution in [0.2, 0.25) is 0 Å². The van der Waals surface area contributed by atoms with E-state index in [4.69, 9.17) is 0 Å². The van der Waals surface area contributed by atoms with Crippen LogP contribution < -0.4 is 29.6 Å². The Balaban J connectivity index is 0.00000264. The van der Waals surface area contributed by atoms with Crippen LogP contribution in [0.3, 0.4) is 0 Å². The molecule has 2 aromatic carbocycles. The second-order valence-corrected chi connectivity index (χ2v) is 7.18. The molecule has 0 spiro atoms. The molecule has 2 aromatic rings. The Morgan fingerprint density at radius 1 is 0.957 bits per heavy atom. The minimum Gasteiger partial charge on any atom is -0.744 e. The van der Waals surface area contributed by atoms with E-state index in [0.717, 1.165) is 54.9 Å². The maximum atomic E-state index is 11.4. The molecule has 0 aliphatic carbocycles. The van der Waals surface area contributed by atoms with Gasteiger partial charge in [-0.25, -0.2) is 8.42 Å². The summed E-state index contributed by atoms with van der Waals surface area (Å²) >= 11 is 0. The summed E-state index contributed by atoms with van der Waals surface area (Å²) in [5.41, 5.74) is 2.23. The van der Waals surface area contributed by atoms with Crippen molar-refractivity contribution in [3.8, 4) is 0 Å². The van der Waals surface area contributed by atoms with Crippen molar-refractivity contribution in [2.45, 2.75) is 57.3 Å². The average molecular weight is 342 g/mol. The molecule has 0 amide bonds. The molecule has 0 heterocycles. The maximum Gasteiger partial charge on any atom is 1.00 e. The van der Waals surface area contributed by atoms with Crippen molar-refractivity contribution in [2.75, 3.05) is 0 Å². The number of rotatable bonds is 7. The van der Waals surface area contributed by atoms with Crippen LogP contribution in [-0.4, -0.2) is 13.0 Å². The molecule has 23 heavy (non-hydrogen) atoms. The summed E-state index contributed by atoms with van der Waals surface area (Å²) in [6.07, 6.45) is 6.13. The molecule has 0 aliphatic heterocycles. The summed E-state index contributed by atoms with van der Waals surface area (Å²) in [6.45, 7) is 4.27. The SMILES string of the molecule is CCCCc1ccc2cc(S(=O)(=O)[O-])cc(CCCC)c2c1.[Na+]. The smallest absolute Gasteiger partial charge is 0.744 e. The van der Waals surface area contributed by atoms with Crippen LogP contribution in [0.5, 0.6) is 0 Å². The predicted molar refractivity (Wildman–Crippen MR) is 89.1 cm³/mol. The van der Waals surface area contributed by atoms with Gasteiger partial charge in [0.1, 0.15) is 10.1 Å². The molecule has 0 radical (unpaired) electrons. The van der Waals surface area contributed by atoms with E-state index in [0.29, 0.717) is 0 Å². The summed E-state index contributed by atoms with van der Waals surface area (Å²) in [5, 5.41) is 1.91. The molecule has 0 aromatic heterocycles. The van der Waals surface area contributed by atoms with E-state index >= 15 is 0 Å². The average Bonchev–Trinajstić information content (AvgIpc) is 2.49. The Morgan fingerprint density at radius 2 is 1.61 bits per heavy atom. The van der Waals surface area contributed by atoms with Crippen molar-refractivity contribution in [1.29, 1.82) is 0 Å². The molecular formula is C18H23NaO3S. The first kappa shape index (κ1) is 20.7. The maximum absolute atomic E-state index is 11.4. The number of benzene rings is 2. The molecule has 0 fully saturated rings. The van der Waals surface area contributed by atoms with Crippen LogP contribution in [0.25, 0.3) is 10.8 Å².